The van der Waals surface area contributed by atoms with Gasteiger partial charge in [-0.15, -0.1) is 0 Å². The van der Waals surface area contributed by atoms with Crippen LogP contribution in [0.2, 0.25) is 0 Å². The molecule has 1 radical (unpaired) electrons. The van der Waals surface area contributed by atoms with Crippen LogP contribution in [0.1, 0.15) is 23.7 Å². The molecule has 1 rings (SSSR count). The Labute approximate surface area is 123 Å². The Morgan fingerprint density at radius 2 is 1.68 bits per heavy atom. The minimum atomic E-state index is -0.973. The third-order valence-electron chi connectivity index (χ3n) is 2.24. The van der Waals surface area contributed by atoms with Gasteiger partial charge in [-0.2, -0.15) is 0 Å². The maximum Gasteiger partial charge on any atom is 0.375 e. The van der Waals surface area contributed by atoms with Crippen LogP contribution in [0.15, 0.2) is 24.3 Å². The second kappa shape index (κ2) is 8.52. The van der Waals surface area contributed by atoms with Crippen LogP contribution >= 0.6 is 0 Å². The van der Waals surface area contributed by atoms with E-state index in [1.807, 2.05) is 0 Å². The fourth-order valence-electron chi connectivity index (χ4n) is 1.31. The van der Waals surface area contributed by atoms with Crippen LogP contribution in [0, 0.1) is 0 Å². The van der Waals surface area contributed by atoms with Crippen LogP contribution in [0.3, 0.4) is 0 Å². The van der Waals surface area contributed by atoms with Crippen molar-refractivity contribution < 1.29 is 23.9 Å². The fourth-order valence-corrected chi connectivity index (χ4v) is 1.31. The van der Waals surface area contributed by atoms with Crippen molar-refractivity contribution in [3.63, 3.8) is 0 Å². The molecule has 6 heteroatoms. The molecule has 0 aliphatic heterocycles. The summed E-state index contributed by atoms with van der Waals surface area (Å²) < 4.78 is 9.46. The van der Waals surface area contributed by atoms with Gasteiger partial charge in [0.1, 0.15) is 5.75 Å². The summed E-state index contributed by atoms with van der Waals surface area (Å²) in [5.41, 5.74) is 0.355. The number of methoxy groups -OCH3 is 1. The summed E-state index contributed by atoms with van der Waals surface area (Å²) in [7, 11) is 1.51. The summed E-state index contributed by atoms with van der Waals surface area (Å²) in [6.07, 6.45) is -0.481. The van der Waals surface area contributed by atoms with Gasteiger partial charge in [0.2, 0.25) is 5.78 Å². The third-order valence-corrected chi connectivity index (χ3v) is 2.24. The maximum absolute atomic E-state index is 11.7. The topological polar surface area (TPSA) is 69.7 Å². The van der Waals surface area contributed by atoms with Crippen LogP contribution in [0.4, 0.5) is 0 Å². The van der Waals surface area contributed by atoms with Crippen molar-refractivity contribution in [2.24, 2.45) is 0 Å². The first kappa shape index (κ1) is 17.4. The molecule has 0 amide bonds. The molecule has 0 atom stereocenters. The minimum absolute atomic E-state index is 0. The molecule has 0 aliphatic rings. The summed E-state index contributed by atoms with van der Waals surface area (Å²) in [4.78, 5) is 34.1. The predicted molar refractivity (Wildman–Crippen MR) is 69.3 cm³/mol. The molecule has 0 fully saturated rings. The molecular weight excluding hydrogens is 243 g/mol. The molecule has 0 aliphatic carbocycles. The van der Waals surface area contributed by atoms with Crippen molar-refractivity contribution in [1.82, 2.24) is 0 Å². The number of hydrogen-bond acceptors (Lipinski definition) is 5. The van der Waals surface area contributed by atoms with E-state index in [2.05, 4.69) is 4.74 Å². The average molecular weight is 257 g/mol. The van der Waals surface area contributed by atoms with Crippen LogP contribution in [-0.2, 0) is 14.3 Å². The molecule has 0 spiro atoms. The molecule has 1 aromatic carbocycles. The molecule has 0 bridgehead atoms. The number of Topliss-reactive ketones (excluding diaryl/α,β-unsaturated/α-hetero) is 2. The monoisotopic (exact) mass is 257 g/mol. The first-order chi connectivity index (χ1) is 8.58. The molecule has 0 aromatic heterocycles. The molecule has 19 heavy (non-hydrogen) atoms. The van der Waals surface area contributed by atoms with Crippen LogP contribution in [0.25, 0.3) is 0 Å². The van der Waals surface area contributed by atoms with Gasteiger partial charge in [-0.1, -0.05) is 0 Å². The average Bonchev–Trinajstić information content (AvgIpc) is 2.39. The summed E-state index contributed by atoms with van der Waals surface area (Å²) in [5, 5.41) is 0. The predicted octanol–water partition coefficient (Wildman–Crippen LogP) is 1.02. The second-order valence-corrected chi connectivity index (χ2v) is 3.47. The van der Waals surface area contributed by atoms with Crippen molar-refractivity contribution >= 4 is 36.4 Å². The number of benzene rings is 1. The Bertz CT molecular complexity index is 453. The van der Waals surface area contributed by atoms with Gasteiger partial charge >= 0.3 is 5.97 Å². The Balaban J connectivity index is 0.00000324. The SMILES string of the molecule is CCOC(=O)C(=O)CC(=O)c1ccc(OC)cc1.[Li]. The molecule has 0 saturated carbocycles. The Hall–Kier alpha value is -1.57. The Morgan fingerprint density at radius 3 is 2.16 bits per heavy atom. The number of carbonyl (C=O) groups excluding carboxylic acids is 3. The number of hydrogen-bond donors (Lipinski definition) is 0. The van der Waals surface area contributed by atoms with Gasteiger partial charge in [-0.05, 0) is 31.2 Å². The van der Waals surface area contributed by atoms with Gasteiger partial charge in [0.25, 0.3) is 0 Å². The van der Waals surface area contributed by atoms with E-state index in [-0.39, 0.29) is 25.5 Å². The van der Waals surface area contributed by atoms with Gasteiger partial charge in [0, 0.05) is 24.4 Å². The van der Waals surface area contributed by atoms with E-state index < -0.39 is 24.0 Å². The number of rotatable bonds is 6. The molecular formula is C13H14LiO5. The number of ether oxygens (including phenoxy) is 2. The Kier molecular flexibility index (Phi) is 7.81. The van der Waals surface area contributed by atoms with Crippen LogP contribution in [0.5, 0.6) is 5.75 Å². The first-order valence-corrected chi connectivity index (χ1v) is 5.45. The van der Waals surface area contributed by atoms with Crippen molar-refractivity contribution in [2.75, 3.05) is 13.7 Å². The van der Waals surface area contributed by atoms with E-state index >= 15 is 0 Å². The standard InChI is InChI=1S/C13H14O5.Li/c1-3-18-13(16)12(15)8-11(14)9-4-6-10(17-2)7-5-9;/h4-7H,3,8H2,1-2H3;. The summed E-state index contributed by atoms with van der Waals surface area (Å²) in [6, 6.07) is 6.31. The van der Waals surface area contributed by atoms with E-state index in [1.54, 1.807) is 31.2 Å². The fraction of sp³-hybridized carbons (Fsp3) is 0.308. The van der Waals surface area contributed by atoms with Gasteiger partial charge in [-0.25, -0.2) is 4.79 Å². The van der Waals surface area contributed by atoms with Gasteiger partial charge in [0.05, 0.1) is 20.1 Å². The molecule has 1 aromatic rings. The minimum Gasteiger partial charge on any atom is -0.497 e. The van der Waals surface area contributed by atoms with E-state index in [0.717, 1.165) is 0 Å². The van der Waals surface area contributed by atoms with Crippen molar-refractivity contribution in [2.45, 2.75) is 13.3 Å². The summed E-state index contributed by atoms with van der Waals surface area (Å²) in [6.45, 7) is 1.71. The zero-order chi connectivity index (χ0) is 13.5. The van der Waals surface area contributed by atoms with Crippen molar-refractivity contribution in [3.8, 4) is 5.75 Å². The summed E-state index contributed by atoms with van der Waals surface area (Å²) in [5.74, 6) is -1.61. The van der Waals surface area contributed by atoms with Crippen molar-refractivity contribution in [3.05, 3.63) is 29.8 Å². The van der Waals surface area contributed by atoms with E-state index in [4.69, 9.17) is 4.74 Å². The van der Waals surface area contributed by atoms with Crippen LogP contribution < -0.4 is 4.74 Å². The largest absolute Gasteiger partial charge is 0.497 e. The molecule has 0 unspecified atom stereocenters. The first-order valence-electron chi connectivity index (χ1n) is 5.45. The van der Waals surface area contributed by atoms with Gasteiger partial charge < -0.3 is 9.47 Å². The molecule has 0 heterocycles. The normalized spacial score (nSPS) is 9.16. The maximum atomic E-state index is 11.7. The smallest absolute Gasteiger partial charge is 0.375 e. The van der Waals surface area contributed by atoms with E-state index in [9.17, 15) is 14.4 Å². The third kappa shape index (κ3) is 5.29. The van der Waals surface area contributed by atoms with E-state index in [1.165, 1.54) is 7.11 Å². The quantitative estimate of drug-likeness (QED) is 0.250. The van der Waals surface area contributed by atoms with E-state index in [0.29, 0.717) is 11.3 Å². The van der Waals surface area contributed by atoms with Gasteiger partial charge in [0.15, 0.2) is 5.78 Å². The Morgan fingerprint density at radius 1 is 1.11 bits per heavy atom. The van der Waals surface area contributed by atoms with Crippen LogP contribution in [-0.4, -0.2) is 50.1 Å². The molecule has 97 valence electrons. The number of esters is 1. The zero-order valence-electron chi connectivity index (χ0n) is 11.3. The van der Waals surface area contributed by atoms with Gasteiger partial charge in [-0.3, -0.25) is 9.59 Å². The molecule has 0 N–H and O–H groups in total. The zero-order valence-corrected chi connectivity index (χ0v) is 11.3. The second-order valence-electron chi connectivity index (χ2n) is 3.47. The number of ketones is 2. The summed E-state index contributed by atoms with van der Waals surface area (Å²) >= 11 is 0. The van der Waals surface area contributed by atoms with Crippen molar-refractivity contribution in [1.29, 1.82) is 0 Å². The molecule has 0 saturated heterocycles. The number of carbonyl (C=O) groups is 3. The molecule has 5 nitrogen and oxygen atoms in total.